The van der Waals surface area contributed by atoms with Crippen molar-refractivity contribution in [2.45, 2.75) is 90.5 Å². The first-order valence-electron chi connectivity index (χ1n) is 9.90. The van der Waals surface area contributed by atoms with Crippen molar-refractivity contribution in [2.75, 3.05) is 11.9 Å². The fraction of sp³-hybridized carbons (Fsp3) is 0.682. The lowest BCUT2D eigenvalue weighted by Gasteiger charge is -2.21. The smallest absolute Gasteiger partial charge is 0.113 e. The molecular weight excluding hydrogens is 292 g/mol. The molecule has 1 aromatic carbocycles. The number of hydrogen-bond acceptors (Lipinski definition) is 2. The Morgan fingerprint density at radius 1 is 0.875 bits per heavy atom. The topological polar surface area (TPSA) is 27.0 Å². The van der Waals surface area contributed by atoms with Crippen molar-refractivity contribution in [3.8, 4) is 6.07 Å². The normalized spacial score (nSPS) is 11.9. The predicted molar refractivity (Wildman–Crippen MR) is 105 cm³/mol. The van der Waals surface area contributed by atoms with Crippen LogP contribution in [0.2, 0.25) is 0 Å². The number of nitrogens with zero attached hydrogens (tertiary/aromatic N) is 2. The van der Waals surface area contributed by atoms with E-state index in [2.05, 4.69) is 37.3 Å². The van der Waals surface area contributed by atoms with E-state index in [1.807, 2.05) is 18.9 Å². The fourth-order valence-electron chi connectivity index (χ4n) is 3.02. The third-order valence-corrected chi connectivity index (χ3v) is 4.93. The molecule has 24 heavy (non-hydrogen) atoms. The molecule has 0 aliphatic carbocycles. The van der Waals surface area contributed by atoms with Gasteiger partial charge in [-0.25, -0.2) is 0 Å². The number of anilines is 1. The van der Waals surface area contributed by atoms with Crippen molar-refractivity contribution in [3.05, 3.63) is 29.8 Å². The van der Waals surface area contributed by atoms with E-state index in [0.717, 1.165) is 5.69 Å². The minimum absolute atomic E-state index is 0.0853. The van der Waals surface area contributed by atoms with Crippen LogP contribution < -0.4 is 4.90 Å². The van der Waals surface area contributed by atoms with Gasteiger partial charge >= 0.3 is 0 Å². The SMILES string of the molecule is CCCCCCCCCCCCc1ccc(N(C)C(C)C#N)cc1. The van der Waals surface area contributed by atoms with Crippen LogP contribution in [0.4, 0.5) is 5.69 Å². The van der Waals surface area contributed by atoms with Crippen molar-refractivity contribution in [2.24, 2.45) is 0 Å². The van der Waals surface area contributed by atoms with Gasteiger partial charge in [-0.15, -0.1) is 0 Å². The average Bonchev–Trinajstić information content (AvgIpc) is 2.62. The molecule has 2 heteroatoms. The van der Waals surface area contributed by atoms with Crippen LogP contribution in [0.15, 0.2) is 24.3 Å². The first-order chi connectivity index (χ1) is 11.7. The summed E-state index contributed by atoms with van der Waals surface area (Å²) in [5.74, 6) is 0. The molecule has 0 fully saturated rings. The molecule has 0 saturated carbocycles. The first kappa shape index (κ1) is 20.6. The second kappa shape index (κ2) is 12.9. The first-order valence-corrected chi connectivity index (χ1v) is 9.90. The Morgan fingerprint density at radius 3 is 1.88 bits per heavy atom. The molecule has 0 spiro atoms. The van der Waals surface area contributed by atoms with E-state index in [4.69, 9.17) is 5.26 Å². The maximum Gasteiger partial charge on any atom is 0.113 e. The number of nitriles is 1. The van der Waals surface area contributed by atoms with Gasteiger partial charge in [0.15, 0.2) is 0 Å². The molecule has 0 radical (unpaired) electrons. The monoisotopic (exact) mass is 328 g/mol. The fourth-order valence-corrected chi connectivity index (χ4v) is 3.02. The lowest BCUT2D eigenvalue weighted by atomic mass is 10.0. The molecule has 0 N–H and O–H groups in total. The molecule has 2 nitrogen and oxygen atoms in total. The summed E-state index contributed by atoms with van der Waals surface area (Å²) in [6.45, 7) is 4.20. The Kier molecular flexibility index (Phi) is 11.0. The largest absolute Gasteiger partial charge is 0.359 e. The molecule has 1 unspecified atom stereocenters. The van der Waals surface area contributed by atoms with Crippen LogP contribution in [0.1, 0.15) is 83.6 Å². The molecule has 0 aliphatic rings. The molecule has 1 atom stereocenters. The maximum atomic E-state index is 8.99. The number of benzene rings is 1. The second-order valence-electron chi connectivity index (χ2n) is 7.01. The zero-order chi connectivity index (χ0) is 17.6. The third-order valence-electron chi connectivity index (χ3n) is 4.93. The lowest BCUT2D eigenvalue weighted by molar-refractivity contribution is 0.556. The summed E-state index contributed by atoms with van der Waals surface area (Å²) in [6.07, 6.45) is 15.1. The molecule has 0 amide bonds. The van der Waals surface area contributed by atoms with E-state index >= 15 is 0 Å². The van der Waals surface area contributed by atoms with Crippen LogP contribution in [0.25, 0.3) is 0 Å². The van der Waals surface area contributed by atoms with Crippen molar-refractivity contribution in [1.29, 1.82) is 5.26 Å². The van der Waals surface area contributed by atoms with Crippen molar-refractivity contribution >= 4 is 5.69 Å². The van der Waals surface area contributed by atoms with Crippen LogP contribution in [-0.4, -0.2) is 13.1 Å². The maximum absolute atomic E-state index is 8.99. The van der Waals surface area contributed by atoms with Gasteiger partial charge in [-0.2, -0.15) is 5.26 Å². The molecule has 134 valence electrons. The lowest BCUT2D eigenvalue weighted by Crippen LogP contribution is -2.26. The van der Waals surface area contributed by atoms with E-state index in [-0.39, 0.29) is 6.04 Å². The van der Waals surface area contributed by atoms with Crippen LogP contribution in [0.5, 0.6) is 0 Å². The van der Waals surface area contributed by atoms with E-state index < -0.39 is 0 Å². The van der Waals surface area contributed by atoms with Gasteiger partial charge in [-0.1, -0.05) is 76.8 Å². The predicted octanol–water partition coefficient (Wildman–Crippen LogP) is 6.50. The summed E-state index contributed by atoms with van der Waals surface area (Å²) in [4.78, 5) is 2.02. The van der Waals surface area contributed by atoms with Crippen molar-refractivity contribution in [3.63, 3.8) is 0 Å². The number of hydrogen-bond donors (Lipinski definition) is 0. The average molecular weight is 329 g/mol. The van der Waals surface area contributed by atoms with Gasteiger partial charge < -0.3 is 4.90 Å². The summed E-state index contributed by atoms with van der Waals surface area (Å²) in [7, 11) is 1.98. The molecule has 0 saturated heterocycles. The summed E-state index contributed by atoms with van der Waals surface area (Å²) in [5, 5.41) is 8.99. The van der Waals surface area contributed by atoms with Crippen LogP contribution >= 0.6 is 0 Å². The Hall–Kier alpha value is -1.49. The summed E-state index contributed by atoms with van der Waals surface area (Å²) in [6, 6.07) is 10.9. The van der Waals surface area contributed by atoms with Gasteiger partial charge in [0.05, 0.1) is 6.07 Å². The van der Waals surface area contributed by atoms with E-state index in [1.54, 1.807) is 0 Å². The van der Waals surface area contributed by atoms with Gasteiger partial charge in [-0.05, 0) is 37.5 Å². The Morgan fingerprint density at radius 2 is 1.38 bits per heavy atom. The molecule has 0 aromatic heterocycles. The van der Waals surface area contributed by atoms with Crippen molar-refractivity contribution in [1.82, 2.24) is 0 Å². The zero-order valence-corrected chi connectivity index (χ0v) is 16.1. The van der Waals surface area contributed by atoms with Crippen molar-refractivity contribution < 1.29 is 0 Å². The molecular formula is C22H36N2. The molecule has 0 aliphatic heterocycles. The second-order valence-corrected chi connectivity index (χ2v) is 7.01. The number of unbranched alkanes of at least 4 members (excludes halogenated alkanes) is 9. The minimum atomic E-state index is -0.0853. The molecule has 0 heterocycles. The van der Waals surface area contributed by atoms with Gasteiger partial charge in [-0.3, -0.25) is 0 Å². The molecule has 1 aromatic rings. The minimum Gasteiger partial charge on any atom is -0.359 e. The number of aryl methyl sites for hydroxylation is 1. The van der Waals surface area contributed by atoms with Gasteiger partial charge in [0.25, 0.3) is 0 Å². The van der Waals surface area contributed by atoms with Crippen LogP contribution in [0.3, 0.4) is 0 Å². The third kappa shape index (κ3) is 8.39. The van der Waals surface area contributed by atoms with Crippen LogP contribution in [-0.2, 0) is 6.42 Å². The Bertz CT molecular complexity index is 458. The van der Waals surface area contributed by atoms with Gasteiger partial charge in [0, 0.05) is 12.7 Å². The highest BCUT2D eigenvalue weighted by Crippen LogP contribution is 2.18. The quantitative estimate of drug-likeness (QED) is 0.386. The zero-order valence-electron chi connectivity index (χ0n) is 16.1. The Labute approximate surface area is 149 Å². The standard InChI is InChI=1S/C22H36N2/c1-4-5-6-7-8-9-10-11-12-13-14-21-15-17-22(18-16-21)24(3)20(2)19-23/h15-18,20H,4-14H2,1-3H3. The van der Waals surface area contributed by atoms with E-state index in [1.165, 1.54) is 76.2 Å². The Balaban J connectivity index is 2.10. The van der Waals surface area contributed by atoms with E-state index in [0.29, 0.717) is 0 Å². The highest BCUT2D eigenvalue weighted by molar-refractivity contribution is 5.48. The van der Waals surface area contributed by atoms with E-state index in [9.17, 15) is 0 Å². The van der Waals surface area contributed by atoms with Gasteiger partial charge in [0.1, 0.15) is 6.04 Å². The van der Waals surface area contributed by atoms with Crippen LogP contribution in [0, 0.1) is 11.3 Å². The summed E-state index contributed by atoms with van der Waals surface area (Å²) in [5.41, 5.74) is 2.53. The van der Waals surface area contributed by atoms with Gasteiger partial charge in [0.2, 0.25) is 0 Å². The summed E-state index contributed by atoms with van der Waals surface area (Å²) < 4.78 is 0. The highest BCUT2D eigenvalue weighted by atomic mass is 15.1. The molecule has 0 bridgehead atoms. The number of rotatable bonds is 13. The highest BCUT2D eigenvalue weighted by Gasteiger charge is 2.08. The summed E-state index contributed by atoms with van der Waals surface area (Å²) >= 11 is 0. The molecule has 1 rings (SSSR count).